The second kappa shape index (κ2) is 6.95. The Hall–Kier alpha value is -3.01. The van der Waals surface area contributed by atoms with Crippen LogP contribution in [0.5, 0.6) is 0 Å². The molecule has 10 heteroatoms. The van der Waals surface area contributed by atoms with Gasteiger partial charge in [-0.25, -0.2) is 9.19 Å². The minimum Gasteiger partial charge on any atom is -0.266 e. The average Bonchev–Trinajstić information content (AvgIpc) is 3.13. The molecule has 1 heterocycles. The topological polar surface area (TPSA) is 88.1 Å². The Morgan fingerprint density at radius 2 is 1.70 bits per heavy atom. The smallest absolute Gasteiger partial charge is 0.266 e. The van der Waals surface area contributed by atoms with E-state index in [0.29, 0.717) is 10.5 Å². The quantitative estimate of drug-likeness (QED) is 0.732. The van der Waals surface area contributed by atoms with E-state index in [1.54, 1.807) is 30.3 Å². The third-order valence-electron chi connectivity index (χ3n) is 3.58. The summed E-state index contributed by atoms with van der Waals surface area (Å²) in [6, 6.07) is 13.9. The van der Waals surface area contributed by atoms with Crippen molar-refractivity contribution < 1.29 is 22.2 Å². The number of H-pyrrole nitrogens is 1. The highest BCUT2D eigenvalue weighted by atomic mass is 32.2. The summed E-state index contributed by atoms with van der Waals surface area (Å²) in [5.74, 6) is -2.05. The lowest BCUT2D eigenvalue weighted by Gasteiger charge is -2.04. The predicted octanol–water partition coefficient (Wildman–Crippen LogP) is 3.79. The van der Waals surface area contributed by atoms with E-state index < -0.39 is 27.6 Å². The minimum absolute atomic E-state index is 0.149. The summed E-state index contributed by atoms with van der Waals surface area (Å²) in [4.78, 5) is 16.1. The number of nitrogens with zero attached hydrogens (tertiary/aromatic N) is 3. The van der Waals surface area contributed by atoms with Crippen molar-refractivity contribution in [2.45, 2.75) is 11.1 Å². The predicted molar refractivity (Wildman–Crippen MR) is 92.4 cm³/mol. The van der Waals surface area contributed by atoms with E-state index in [-0.39, 0.29) is 11.4 Å². The van der Waals surface area contributed by atoms with Crippen molar-refractivity contribution >= 4 is 15.6 Å². The molecule has 3 rings (SSSR count). The fourth-order valence-electron chi connectivity index (χ4n) is 2.22. The van der Waals surface area contributed by atoms with Gasteiger partial charge in [-0.2, -0.15) is 22.6 Å². The Balaban J connectivity index is 1.85. The van der Waals surface area contributed by atoms with Crippen molar-refractivity contribution in [3.8, 4) is 11.4 Å². The minimum atomic E-state index is -4.63. The van der Waals surface area contributed by atoms with Crippen molar-refractivity contribution in [1.82, 2.24) is 15.2 Å². The van der Waals surface area contributed by atoms with E-state index in [4.69, 9.17) is 0 Å². The van der Waals surface area contributed by atoms with E-state index in [1.165, 1.54) is 30.5 Å². The summed E-state index contributed by atoms with van der Waals surface area (Å²) < 4.78 is 54.1. The van der Waals surface area contributed by atoms with Crippen LogP contribution in [0.1, 0.15) is 16.2 Å². The number of halogens is 3. The molecule has 6 nitrogen and oxygen atoms in total. The second-order valence-electron chi connectivity index (χ2n) is 5.59. The lowest BCUT2D eigenvalue weighted by Crippen LogP contribution is -2.07. The number of alkyl halides is 3. The summed E-state index contributed by atoms with van der Waals surface area (Å²) in [5.41, 5.74) is 0.439. The number of hydrogen-bond donors (Lipinski definition) is 1. The van der Waals surface area contributed by atoms with E-state index in [9.17, 15) is 22.2 Å². The molecule has 2 aromatic carbocycles. The van der Waals surface area contributed by atoms with Gasteiger partial charge in [0.2, 0.25) is 5.82 Å². The first-order valence-electron chi connectivity index (χ1n) is 7.58. The fraction of sp³-hybridized carbons (Fsp3) is 0.118. The first-order valence-corrected chi connectivity index (χ1v) is 9.51. The SMILES string of the molecule is CS(=O)(=NC(=O)c1ccc(-c2n[nH]c(C(F)(F)F)n2)cc1)c1ccccc1. The first kappa shape index (κ1) is 18.8. The third-order valence-corrected chi connectivity index (χ3v) is 5.24. The van der Waals surface area contributed by atoms with Crippen LogP contribution in [0.25, 0.3) is 11.4 Å². The molecule has 1 amide bonds. The Morgan fingerprint density at radius 1 is 1.07 bits per heavy atom. The average molecular weight is 394 g/mol. The molecule has 0 fully saturated rings. The maximum atomic E-state index is 12.6. The van der Waals surface area contributed by atoms with Crippen LogP contribution in [0.15, 0.2) is 63.9 Å². The van der Waals surface area contributed by atoms with Crippen molar-refractivity contribution in [3.05, 3.63) is 66.0 Å². The van der Waals surface area contributed by atoms with Crippen LogP contribution in [-0.2, 0) is 15.9 Å². The molecule has 140 valence electrons. The van der Waals surface area contributed by atoms with E-state index in [0.717, 1.165) is 0 Å². The van der Waals surface area contributed by atoms with Crippen molar-refractivity contribution in [1.29, 1.82) is 0 Å². The number of rotatable bonds is 3. The summed E-state index contributed by atoms with van der Waals surface area (Å²) in [5, 5.41) is 5.34. The number of carbonyl (C=O) groups excluding carboxylic acids is 1. The maximum absolute atomic E-state index is 12.6. The van der Waals surface area contributed by atoms with E-state index in [1.807, 2.05) is 5.10 Å². The zero-order valence-corrected chi connectivity index (χ0v) is 14.7. The van der Waals surface area contributed by atoms with Crippen LogP contribution in [-0.4, -0.2) is 31.6 Å². The highest BCUT2D eigenvalue weighted by molar-refractivity contribution is 7.93. The molecular formula is C17H13F3N4O2S. The second-order valence-corrected chi connectivity index (χ2v) is 7.85. The van der Waals surface area contributed by atoms with Gasteiger partial charge >= 0.3 is 6.18 Å². The van der Waals surface area contributed by atoms with Gasteiger partial charge in [0.1, 0.15) is 0 Å². The number of carbonyl (C=O) groups is 1. The number of hydrogen-bond acceptors (Lipinski definition) is 4. The van der Waals surface area contributed by atoms with Gasteiger partial charge < -0.3 is 0 Å². The Kier molecular flexibility index (Phi) is 4.83. The molecule has 0 saturated heterocycles. The van der Waals surface area contributed by atoms with Gasteiger partial charge in [-0.05, 0) is 24.3 Å². The Bertz CT molecular complexity index is 1080. The molecule has 0 radical (unpaired) electrons. The lowest BCUT2D eigenvalue weighted by molar-refractivity contribution is -0.144. The molecule has 0 aliphatic carbocycles. The van der Waals surface area contributed by atoms with Crippen LogP contribution in [0, 0.1) is 0 Å². The summed E-state index contributed by atoms with van der Waals surface area (Å²) in [6.45, 7) is 0. The highest BCUT2D eigenvalue weighted by Gasteiger charge is 2.35. The van der Waals surface area contributed by atoms with Crippen LogP contribution in [0.3, 0.4) is 0 Å². The molecule has 0 aliphatic heterocycles. The van der Waals surface area contributed by atoms with Gasteiger partial charge in [-0.15, -0.1) is 0 Å². The van der Waals surface area contributed by atoms with Gasteiger partial charge in [-0.3, -0.25) is 9.89 Å². The Labute approximate surface area is 152 Å². The molecule has 0 bridgehead atoms. The molecule has 1 aromatic heterocycles. The van der Waals surface area contributed by atoms with Crippen LogP contribution >= 0.6 is 0 Å². The van der Waals surface area contributed by atoms with Gasteiger partial charge in [-0.1, -0.05) is 30.3 Å². The first-order chi connectivity index (χ1) is 12.7. The zero-order chi connectivity index (χ0) is 19.7. The summed E-state index contributed by atoms with van der Waals surface area (Å²) in [6.07, 6.45) is -3.26. The van der Waals surface area contributed by atoms with Crippen molar-refractivity contribution in [2.24, 2.45) is 4.36 Å². The van der Waals surface area contributed by atoms with E-state index >= 15 is 0 Å². The molecule has 1 atom stereocenters. The normalized spacial score (nSPS) is 13.8. The van der Waals surface area contributed by atoms with Crippen LogP contribution in [0.4, 0.5) is 13.2 Å². The molecule has 1 unspecified atom stereocenters. The largest absolute Gasteiger partial charge is 0.451 e. The monoisotopic (exact) mass is 394 g/mol. The van der Waals surface area contributed by atoms with Crippen molar-refractivity contribution in [3.63, 3.8) is 0 Å². The van der Waals surface area contributed by atoms with E-state index in [2.05, 4.69) is 14.4 Å². The molecule has 0 saturated carbocycles. The van der Waals surface area contributed by atoms with Crippen LogP contribution < -0.4 is 0 Å². The molecule has 1 N–H and O–H groups in total. The Morgan fingerprint density at radius 3 is 2.26 bits per heavy atom. The third kappa shape index (κ3) is 4.22. The molecule has 0 aliphatic rings. The molecular weight excluding hydrogens is 381 g/mol. The molecule has 0 spiro atoms. The van der Waals surface area contributed by atoms with Gasteiger partial charge in [0.15, 0.2) is 5.82 Å². The number of aromatic amines is 1. The molecule has 3 aromatic rings. The summed E-state index contributed by atoms with van der Waals surface area (Å²) in [7, 11) is -2.91. The summed E-state index contributed by atoms with van der Waals surface area (Å²) >= 11 is 0. The number of nitrogens with one attached hydrogen (secondary N) is 1. The zero-order valence-electron chi connectivity index (χ0n) is 13.9. The number of amides is 1. The molecule has 27 heavy (non-hydrogen) atoms. The number of aromatic nitrogens is 3. The van der Waals surface area contributed by atoms with Crippen molar-refractivity contribution in [2.75, 3.05) is 6.26 Å². The number of benzene rings is 2. The van der Waals surface area contributed by atoms with Gasteiger partial charge in [0, 0.05) is 22.3 Å². The van der Waals surface area contributed by atoms with Gasteiger partial charge in [0.05, 0.1) is 9.73 Å². The van der Waals surface area contributed by atoms with Gasteiger partial charge in [0.25, 0.3) is 5.91 Å². The standard InChI is InChI=1S/C17H13F3N4O2S/c1-27(26,13-5-3-2-4-6-13)24-15(25)12-9-7-11(8-10-12)14-21-16(23-22-14)17(18,19)20/h2-10H,1H3,(H,21,22,23). The maximum Gasteiger partial charge on any atom is 0.451 e. The highest BCUT2D eigenvalue weighted by Crippen LogP contribution is 2.27. The van der Waals surface area contributed by atoms with Crippen LogP contribution in [0.2, 0.25) is 0 Å². The lowest BCUT2D eigenvalue weighted by atomic mass is 10.1. The fourth-order valence-corrected chi connectivity index (χ4v) is 3.41.